The Hall–Kier alpha value is -1.55. The fraction of sp³-hybridized carbons (Fsp3) is 0.562. The highest BCUT2D eigenvalue weighted by atomic mass is 16.5. The number of nitrogens with zero attached hydrogens (tertiary/aromatic N) is 1. The van der Waals surface area contributed by atoms with Crippen LogP contribution in [-0.2, 0) is 16.1 Å². The number of esters is 1. The molecule has 0 heterocycles. The Kier molecular flexibility index (Phi) is 4.33. The topological polar surface area (TPSA) is 55.6 Å². The van der Waals surface area contributed by atoms with Gasteiger partial charge in [0.2, 0.25) is 0 Å². The normalized spacial score (nSPS) is 15.4. The monoisotopic (exact) mass is 276 g/mol. The summed E-state index contributed by atoms with van der Waals surface area (Å²) in [6.45, 7) is 5.41. The molecule has 0 saturated heterocycles. The lowest BCUT2D eigenvalue weighted by Gasteiger charge is -2.31. The molecule has 110 valence electrons. The molecule has 0 aliphatic heterocycles. The SMILES string of the molecule is COC(=O)C(C)(C)CN(Cc1cccc(N)c1)C1CC1. The minimum absolute atomic E-state index is 0.157. The number of ether oxygens (including phenoxy) is 1. The summed E-state index contributed by atoms with van der Waals surface area (Å²) >= 11 is 0. The molecular weight excluding hydrogens is 252 g/mol. The van der Waals surface area contributed by atoms with Crippen LogP contribution >= 0.6 is 0 Å². The van der Waals surface area contributed by atoms with Crippen LogP contribution in [-0.4, -0.2) is 30.6 Å². The summed E-state index contributed by atoms with van der Waals surface area (Å²) in [6, 6.07) is 8.53. The number of carbonyl (C=O) groups is 1. The van der Waals surface area contributed by atoms with Gasteiger partial charge in [0.1, 0.15) is 0 Å². The van der Waals surface area contributed by atoms with Crippen LogP contribution in [0.1, 0.15) is 32.3 Å². The van der Waals surface area contributed by atoms with Crippen molar-refractivity contribution in [2.45, 2.75) is 39.3 Å². The Labute approximate surface area is 120 Å². The number of nitrogen functional groups attached to an aromatic ring is 1. The third-order valence-corrected chi connectivity index (χ3v) is 3.74. The highest BCUT2D eigenvalue weighted by Crippen LogP contribution is 2.32. The maximum atomic E-state index is 11.8. The zero-order chi connectivity index (χ0) is 14.8. The molecule has 0 radical (unpaired) electrons. The van der Waals surface area contributed by atoms with Crippen molar-refractivity contribution in [3.05, 3.63) is 29.8 Å². The maximum absolute atomic E-state index is 11.8. The molecule has 2 rings (SSSR count). The van der Waals surface area contributed by atoms with Gasteiger partial charge in [-0.05, 0) is 44.4 Å². The lowest BCUT2D eigenvalue weighted by molar-refractivity contribution is -0.152. The second-order valence-electron chi connectivity index (χ2n) is 6.26. The predicted octanol–water partition coefficient (Wildman–Crippen LogP) is 2.43. The zero-order valence-electron chi connectivity index (χ0n) is 12.6. The van der Waals surface area contributed by atoms with Gasteiger partial charge in [0, 0.05) is 24.8 Å². The summed E-state index contributed by atoms with van der Waals surface area (Å²) in [5.74, 6) is -0.157. The van der Waals surface area contributed by atoms with E-state index in [1.807, 2.05) is 32.0 Å². The molecule has 0 amide bonds. The summed E-state index contributed by atoms with van der Waals surface area (Å²) in [5.41, 5.74) is 7.32. The third kappa shape index (κ3) is 3.73. The van der Waals surface area contributed by atoms with Gasteiger partial charge in [0.15, 0.2) is 0 Å². The first-order chi connectivity index (χ1) is 9.42. The van der Waals surface area contributed by atoms with E-state index >= 15 is 0 Å². The fourth-order valence-corrected chi connectivity index (χ4v) is 2.53. The average Bonchev–Trinajstić information content (AvgIpc) is 3.21. The second kappa shape index (κ2) is 5.83. The summed E-state index contributed by atoms with van der Waals surface area (Å²) in [5, 5.41) is 0. The van der Waals surface area contributed by atoms with Crippen molar-refractivity contribution in [1.82, 2.24) is 4.90 Å². The van der Waals surface area contributed by atoms with Crippen LogP contribution in [0.3, 0.4) is 0 Å². The summed E-state index contributed by atoms with van der Waals surface area (Å²) in [6.07, 6.45) is 2.42. The molecule has 1 fully saturated rings. The summed E-state index contributed by atoms with van der Waals surface area (Å²) < 4.78 is 4.90. The van der Waals surface area contributed by atoms with E-state index < -0.39 is 5.41 Å². The standard InChI is InChI=1S/C16H24N2O2/c1-16(2,15(19)20-3)11-18(14-7-8-14)10-12-5-4-6-13(17)9-12/h4-6,9,14H,7-8,10-11,17H2,1-3H3. The van der Waals surface area contributed by atoms with Gasteiger partial charge in [0.25, 0.3) is 0 Å². The molecule has 2 N–H and O–H groups in total. The van der Waals surface area contributed by atoms with Gasteiger partial charge in [-0.1, -0.05) is 12.1 Å². The van der Waals surface area contributed by atoms with Crippen molar-refractivity contribution < 1.29 is 9.53 Å². The van der Waals surface area contributed by atoms with E-state index in [9.17, 15) is 4.79 Å². The first kappa shape index (κ1) is 14.9. The lowest BCUT2D eigenvalue weighted by atomic mass is 9.92. The molecule has 1 aliphatic carbocycles. The van der Waals surface area contributed by atoms with Crippen LogP contribution in [0, 0.1) is 5.41 Å². The molecule has 0 atom stereocenters. The van der Waals surface area contributed by atoms with Gasteiger partial charge >= 0.3 is 5.97 Å². The molecule has 0 aromatic heterocycles. The van der Waals surface area contributed by atoms with E-state index in [2.05, 4.69) is 11.0 Å². The van der Waals surface area contributed by atoms with Crippen molar-refractivity contribution in [2.24, 2.45) is 5.41 Å². The Balaban J connectivity index is 2.06. The number of hydrogen-bond acceptors (Lipinski definition) is 4. The van der Waals surface area contributed by atoms with Crippen LogP contribution in [0.15, 0.2) is 24.3 Å². The molecule has 1 saturated carbocycles. The van der Waals surface area contributed by atoms with Crippen LogP contribution < -0.4 is 5.73 Å². The number of hydrogen-bond donors (Lipinski definition) is 1. The second-order valence-corrected chi connectivity index (χ2v) is 6.26. The molecule has 4 heteroatoms. The van der Waals surface area contributed by atoms with Crippen LogP contribution in [0.4, 0.5) is 5.69 Å². The minimum atomic E-state index is -0.488. The molecule has 1 aromatic rings. The number of methoxy groups -OCH3 is 1. The molecular formula is C16H24N2O2. The molecule has 1 aliphatic rings. The van der Waals surface area contributed by atoms with Crippen molar-refractivity contribution in [1.29, 1.82) is 0 Å². The predicted molar refractivity (Wildman–Crippen MR) is 80.1 cm³/mol. The van der Waals surface area contributed by atoms with Crippen molar-refractivity contribution in [2.75, 3.05) is 19.4 Å². The van der Waals surface area contributed by atoms with Crippen molar-refractivity contribution in [3.8, 4) is 0 Å². The minimum Gasteiger partial charge on any atom is -0.469 e. The number of anilines is 1. The largest absolute Gasteiger partial charge is 0.469 e. The number of carbonyl (C=O) groups excluding carboxylic acids is 1. The first-order valence-electron chi connectivity index (χ1n) is 7.09. The maximum Gasteiger partial charge on any atom is 0.312 e. The van der Waals surface area contributed by atoms with Gasteiger partial charge in [0.05, 0.1) is 12.5 Å². The van der Waals surface area contributed by atoms with Crippen LogP contribution in [0.2, 0.25) is 0 Å². The van der Waals surface area contributed by atoms with Crippen LogP contribution in [0.5, 0.6) is 0 Å². The first-order valence-corrected chi connectivity index (χ1v) is 7.09. The molecule has 0 spiro atoms. The Morgan fingerprint density at radius 1 is 1.45 bits per heavy atom. The Morgan fingerprint density at radius 2 is 2.15 bits per heavy atom. The molecule has 1 aromatic carbocycles. The lowest BCUT2D eigenvalue weighted by Crippen LogP contribution is -2.40. The van der Waals surface area contributed by atoms with Crippen molar-refractivity contribution >= 4 is 11.7 Å². The van der Waals surface area contributed by atoms with Gasteiger partial charge in [-0.15, -0.1) is 0 Å². The van der Waals surface area contributed by atoms with Gasteiger partial charge < -0.3 is 10.5 Å². The molecule has 0 bridgehead atoms. The van der Waals surface area contributed by atoms with Gasteiger partial charge in [-0.2, -0.15) is 0 Å². The van der Waals surface area contributed by atoms with E-state index in [1.165, 1.54) is 25.5 Å². The van der Waals surface area contributed by atoms with Crippen molar-refractivity contribution in [3.63, 3.8) is 0 Å². The third-order valence-electron chi connectivity index (χ3n) is 3.74. The molecule has 4 nitrogen and oxygen atoms in total. The van der Waals surface area contributed by atoms with Crippen LogP contribution in [0.25, 0.3) is 0 Å². The van der Waals surface area contributed by atoms with E-state index in [0.29, 0.717) is 12.6 Å². The zero-order valence-corrected chi connectivity index (χ0v) is 12.6. The van der Waals surface area contributed by atoms with E-state index in [-0.39, 0.29) is 5.97 Å². The highest BCUT2D eigenvalue weighted by molar-refractivity contribution is 5.76. The summed E-state index contributed by atoms with van der Waals surface area (Å²) in [4.78, 5) is 14.2. The highest BCUT2D eigenvalue weighted by Gasteiger charge is 2.37. The van der Waals surface area contributed by atoms with Gasteiger partial charge in [-0.3, -0.25) is 9.69 Å². The number of rotatable bonds is 6. The fourth-order valence-electron chi connectivity index (χ4n) is 2.53. The van der Waals surface area contributed by atoms with E-state index in [0.717, 1.165) is 12.2 Å². The Morgan fingerprint density at radius 3 is 2.70 bits per heavy atom. The quantitative estimate of drug-likeness (QED) is 0.640. The van der Waals surface area contributed by atoms with Gasteiger partial charge in [-0.25, -0.2) is 0 Å². The average molecular weight is 276 g/mol. The van der Waals surface area contributed by atoms with E-state index in [1.54, 1.807) is 0 Å². The number of nitrogens with two attached hydrogens (primary N) is 1. The smallest absolute Gasteiger partial charge is 0.312 e. The van der Waals surface area contributed by atoms with E-state index in [4.69, 9.17) is 10.5 Å². The molecule has 20 heavy (non-hydrogen) atoms. The Bertz CT molecular complexity index is 481. The number of benzene rings is 1. The molecule has 0 unspecified atom stereocenters. The summed E-state index contributed by atoms with van der Waals surface area (Å²) in [7, 11) is 1.45.